The van der Waals surface area contributed by atoms with E-state index in [1.54, 1.807) is 12.1 Å². The van der Waals surface area contributed by atoms with Crippen molar-refractivity contribution in [2.24, 2.45) is 0 Å². The first-order valence-corrected chi connectivity index (χ1v) is 7.12. The van der Waals surface area contributed by atoms with E-state index in [1.807, 2.05) is 19.1 Å². The number of amides is 1. The van der Waals surface area contributed by atoms with Crippen molar-refractivity contribution in [3.63, 3.8) is 0 Å². The smallest absolute Gasteiger partial charge is 0.255 e. The van der Waals surface area contributed by atoms with Crippen molar-refractivity contribution < 1.29 is 9.90 Å². The maximum Gasteiger partial charge on any atom is 0.255 e. The van der Waals surface area contributed by atoms with Gasteiger partial charge in [-0.25, -0.2) is 0 Å². The van der Waals surface area contributed by atoms with Crippen LogP contribution >= 0.6 is 31.9 Å². The van der Waals surface area contributed by atoms with Gasteiger partial charge in [0.25, 0.3) is 5.91 Å². The Morgan fingerprint density at radius 3 is 2.16 bits per heavy atom. The largest absolute Gasteiger partial charge is 0.508 e. The standard InChI is InChI=1S/C14H11Br2NO2/c1-8-6-11(15)13(12(16)7-8)17-14(19)9-2-4-10(18)5-3-9/h2-7,18H,1H3,(H,17,19). The summed E-state index contributed by atoms with van der Waals surface area (Å²) < 4.78 is 1.62. The summed E-state index contributed by atoms with van der Waals surface area (Å²) in [7, 11) is 0. The lowest BCUT2D eigenvalue weighted by Crippen LogP contribution is -2.12. The molecule has 0 aromatic heterocycles. The van der Waals surface area contributed by atoms with Gasteiger partial charge in [-0.15, -0.1) is 0 Å². The fraction of sp³-hybridized carbons (Fsp3) is 0.0714. The molecular formula is C14H11Br2NO2. The molecule has 0 saturated heterocycles. The second kappa shape index (κ2) is 5.75. The Kier molecular flexibility index (Phi) is 4.27. The minimum atomic E-state index is -0.231. The van der Waals surface area contributed by atoms with Crippen molar-refractivity contribution in [2.75, 3.05) is 5.32 Å². The predicted molar refractivity (Wildman–Crippen MR) is 82.6 cm³/mol. The molecule has 2 rings (SSSR count). The van der Waals surface area contributed by atoms with Gasteiger partial charge in [0.05, 0.1) is 5.69 Å². The van der Waals surface area contributed by atoms with E-state index in [9.17, 15) is 9.90 Å². The van der Waals surface area contributed by atoms with E-state index in [-0.39, 0.29) is 11.7 Å². The molecule has 0 heterocycles. The molecule has 0 aliphatic rings. The van der Waals surface area contributed by atoms with Gasteiger partial charge in [-0.3, -0.25) is 4.79 Å². The Bertz CT molecular complexity index is 601. The number of hydrogen-bond acceptors (Lipinski definition) is 2. The summed E-state index contributed by atoms with van der Waals surface area (Å²) >= 11 is 6.85. The van der Waals surface area contributed by atoms with Crippen LogP contribution in [0.25, 0.3) is 0 Å². The zero-order valence-corrected chi connectivity index (χ0v) is 13.2. The van der Waals surface area contributed by atoms with Crippen molar-refractivity contribution in [3.8, 4) is 5.75 Å². The van der Waals surface area contributed by atoms with Gasteiger partial charge < -0.3 is 10.4 Å². The average Bonchev–Trinajstić information content (AvgIpc) is 2.34. The van der Waals surface area contributed by atoms with Crippen molar-refractivity contribution in [3.05, 3.63) is 56.5 Å². The van der Waals surface area contributed by atoms with Gasteiger partial charge in [-0.2, -0.15) is 0 Å². The third-order valence-electron chi connectivity index (χ3n) is 2.55. The van der Waals surface area contributed by atoms with Crippen LogP contribution in [0.5, 0.6) is 5.75 Å². The second-order valence-corrected chi connectivity index (χ2v) is 5.81. The van der Waals surface area contributed by atoms with Crippen LogP contribution in [0.4, 0.5) is 5.69 Å². The first-order valence-electron chi connectivity index (χ1n) is 5.53. The summed E-state index contributed by atoms with van der Waals surface area (Å²) in [6, 6.07) is 9.96. The summed E-state index contributed by atoms with van der Waals surface area (Å²) in [6.07, 6.45) is 0. The van der Waals surface area contributed by atoms with Crippen LogP contribution in [0.3, 0.4) is 0 Å². The highest BCUT2D eigenvalue weighted by Crippen LogP contribution is 2.32. The van der Waals surface area contributed by atoms with Gasteiger partial charge in [0.2, 0.25) is 0 Å². The number of rotatable bonds is 2. The number of anilines is 1. The monoisotopic (exact) mass is 383 g/mol. The summed E-state index contributed by atoms with van der Waals surface area (Å²) in [5.41, 5.74) is 2.25. The van der Waals surface area contributed by atoms with Crippen LogP contribution in [0.1, 0.15) is 15.9 Å². The maximum absolute atomic E-state index is 12.1. The van der Waals surface area contributed by atoms with Gasteiger partial charge in [0.15, 0.2) is 0 Å². The van der Waals surface area contributed by atoms with E-state index in [4.69, 9.17) is 0 Å². The van der Waals surface area contributed by atoms with Crippen LogP contribution in [0.2, 0.25) is 0 Å². The van der Waals surface area contributed by atoms with Crippen LogP contribution < -0.4 is 5.32 Å². The lowest BCUT2D eigenvalue weighted by Gasteiger charge is -2.11. The van der Waals surface area contributed by atoms with E-state index in [0.717, 1.165) is 14.5 Å². The topological polar surface area (TPSA) is 49.3 Å². The van der Waals surface area contributed by atoms with E-state index < -0.39 is 0 Å². The third-order valence-corrected chi connectivity index (χ3v) is 3.81. The van der Waals surface area contributed by atoms with Crippen LogP contribution in [0, 0.1) is 6.92 Å². The first kappa shape index (κ1) is 14.1. The van der Waals surface area contributed by atoms with Gasteiger partial charge in [-0.05, 0) is 80.7 Å². The molecule has 0 spiro atoms. The molecule has 0 aliphatic carbocycles. The minimum absolute atomic E-state index is 0.134. The zero-order chi connectivity index (χ0) is 14.0. The average molecular weight is 385 g/mol. The predicted octanol–water partition coefficient (Wildman–Crippen LogP) is 4.48. The summed E-state index contributed by atoms with van der Waals surface area (Å²) in [5.74, 6) is -0.0977. The molecule has 5 heteroatoms. The van der Waals surface area contributed by atoms with Crippen molar-refractivity contribution >= 4 is 43.5 Å². The molecule has 0 saturated carbocycles. The minimum Gasteiger partial charge on any atom is -0.508 e. The van der Waals surface area contributed by atoms with Gasteiger partial charge >= 0.3 is 0 Å². The van der Waals surface area contributed by atoms with Gasteiger partial charge in [0, 0.05) is 14.5 Å². The Hall–Kier alpha value is -1.33. The molecule has 2 aromatic rings. The maximum atomic E-state index is 12.1. The molecule has 0 aliphatic heterocycles. The number of hydrogen-bond donors (Lipinski definition) is 2. The number of carbonyl (C=O) groups is 1. The number of halogens is 2. The number of benzene rings is 2. The molecule has 2 aromatic carbocycles. The molecule has 0 atom stereocenters. The number of nitrogens with one attached hydrogen (secondary N) is 1. The normalized spacial score (nSPS) is 10.3. The first-order chi connectivity index (χ1) is 8.97. The molecule has 3 nitrogen and oxygen atoms in total. The van der Waals surface area contributed by atoms with E-state index in [1.165, 1.54) is 12.1 Å². The number of carbonyl (C=O) groups excluding carboxylic acids is 1. The Balaban J connectivity index is 2.26. The van der Waals surface area contributed by atoms with E-state index in [2.05, 4.69) is 37.2 Å². The molecule has 19 heavy (non-hydrogen) atoms. The SMILES string of the molecule is Cc1cc(Br)c(NC(=O)c2ccc(O)cc2)c(Br)c1. The van der Waals surface area contributed by atoms with E-state index >= 15 is 0 Å². The van der Waals surface area contributed by atoms with Crippen LogP contribution in [-0.4, -0.2) is 11.0 Å². The molecule has 0 unspecified atom stereocenters. The highest BCUT2D eigenvalue weighted by atomic mass is 79.9. The molecule has 1 amide bonds. The quantitative estimate of drug-likeness (QED) is 0.801. The lowest BCUT2D eigenvalue weighted by molar-refractivity contribution is 0.102. The number of phenolic OH excluding ortho intramolecular Hbond substituents is 1. The fourth-order valence-electron chi connectivity index (χ4n) is 1.62. The third kappa shape index (κ3) is 3.36. The highest BCUT2D eigenvalue weighted by molar-refractivity contribution is 9.11. The molecule has 0 fully saturated rings. The molecule has 2 N–H and O–H groups in total. The van der Waals surface area contributed by atoms with E-state index in [0.29, 0.717) is 11.3 Å². The van der Waals surface area contributed by atoms with Crippen LogP contribution in [-0.2, 0) is 0 Å². The molecule has 0 bridgehead atoms. The number of phenols is 1. The molecule has 0 radical (unpaired) electrons. The molecule has 98 valence electrons. The number of aryl methyl sites for hydroxylation is 1. The Morgan fingerprint density at radius 2 is 1.63 bits per heavy atom. The van der Waals surface area contributed by atoms with Crippen molar-refractivity contribution in [1.82, 2.24) is 0 Å². The summed E-state index contributed by atoms with van der Waals surface area (Å²) in [5, 5.41) is 12.0. The fourth-order valence-corrected chi connectivity index (χ4v) is 3.23. The lowest BCUT2D eigenvalue weighted by atomic mass is 10.2. The van der Waals surface area contributed by atoms with Crippen LogP contribution in [0.15, 0.2) is 45.3 Å². The van der Waals surface area contributed by atoms with Crippen molar-refractivity contribution in [2.45, 2.75) is 6.92 Å². The summed E-state index contributed by atoms with van der Waals surface area (Å²) in [6.45, 7) is 1.97. The second-order valence-electron chi connectivity index (χ2n) is 4.10. The van der Waals surface area contributed by atoms with Crippen molar-refractivity contribution in [1.29, 1.82) is 0 Å². The van der Waals surface area contributed by atoms with Gasteiger partial charge in [0.1, 0.15) is 5.75 Å². The zero-order valence-electron chi connectivity index (χ0n) is 10.1. The number of aromatic hydroxyl groups is 1. The Labute approximate surface area is 127 Å². The Morgan fingerprint density at radius 1 is 1.11 bits per heavy atom. The van der Waals surface area contributed by atoms with Gasteiger partial charge in [-0.1, -0.05) is 0 Å². The highest BCUT2D eigenvalue weighted by Gasteiger charge is 2.11. The summed E-state index contributed by atoms with van der Waals surface area (Å²) in [4.78, 5) is 12.1. The molecular weight excluding hydrogens is 374 g/mol.